The Labute approximate surface area is 152 Å². The van der Waals surface area contributed by atoms with Crippen molar-refractivity contribution in [2.45, 2.75) is 0 Å². The maximum Gasteiger partial charge on any atom is 0.300 e. The quantitative estimate of drug-likeness (QED) is 0.620. The van der Waals surface area contributed by atoms with Gasteiger partial charge in [-0.3, -0.25) is 0 Å². The minimum Gasteiger partial charge on any atom is -0.391 e. The zero-order chi connectivity index (χ0) is 18.4. The predicted octanol–water partition coefficient (Wildman–Crippen LogP) is 1.75. The molecule has 0 unspecified atom stereocenters. The summed E-state index contributed by atoms with van der Waals surface area (Å²) in [5, 5.41) is 0. The second-order valence-corrected chi connectivity index (χ2v) is 18.6. The number of nitrogens with zero attached hydrogens (tertiary/aromatic N) is 2. The molecule has 0 radical (unpaired) electrons. The molecule has 0 aliphatic carbocycles. The Morgan fingerprint density at radius 2 is 0.917 bits per heavy atom. The van der Waals surface area contributed by atoms with Crippen LogP contribution in [-0.4, -0.2) is 43.5 Å². The van der Waals surface area contributed by atoms with Crippen LogP contribution in [0.2, 0.25) is 0 Å². The summed E-state index contributed by atoms with van der Waals surface area (Å²) in [6.45, 7) is 32.7. The van der Waals surface area contributed by atoms with Crippen molar-refractivity contribution in [2.24, 2.45) is 0 Å². The summed E-state index contributed by atoms with van der Waals surface area (Å²) in [7, 11) is -8.25. The third kappa shape index (κ3) is 2.77. The lowest BCUT2D eigenvalue weighted by Gasteiger charge is -2.57. The SMILES string of the molecule is C=CN1[Si](C=C)(C=C)N[SiH2]N[Si](C=C)(C=C)N(C=C)[Si]1(C=C)C=C. The zero-order valence-electron chi connectivity index (χ0n) is 14.4. The van der Waals surface area contributed by atoms with Gasteiger partial charge >= 0.3 is 8.40 Å². The second-order valence-electron chi connectivity index (χ2n) is 5.29. The van der Waals surface area contributed by atoms with Crippen molar-refractivity contribution >= 4 is 35.0 Å². The van der Waals surface area contributed by atoms with E-state index in [0.29, 0.717) is 0 Å². The van der Waals surface area contributed by atoms with Gasteiger partial charge in [0.25, 0.3) is 16.8 Å². The molecule has 128 valence electrons. The van der Waals surface area contributed by atoms with Gasteiger partial charge in [-0.15, -0.1) is 39.5 Å². The van der Waals surface area contributed by atoms with Crippen LogP contribution >= 0.6 is 0 Å². The monoisotopic (exact) mass is 388 g/mol. The predicted molar refractivity (Wildman–Crippen MR) is 117 cm³/mol. The molecule has 1 saturated heterocycles. The molecule has 0 spiro atoms. The Bertz CT molecular complexity index is 521. The highest BCUT2D eigenvalue weighted by Gasteiger charge is 2.54. The Hall–Kier alpha value is -1.69. The first-order valence-electron chi connectivity index (χ1n) is 7.62. The molecule has 1 aliphatic heterocycles. The Kier molecular flexibility index (Phi) is 6.72. The van der Waals surface area contributed by atoms with Crippen LogP contribution in [0, 0.1) is 0 Å². The molecule has 2 N–H and O–H groups in total. The minimum atomic E-state index is -2.63. The van der Waals surface area contributed by atoms with Crippen LogP contribution in [0.1, 0.15) is 0 Å². The molecular weight excluding hydrogens is 361 g/mol. The van der Waals surface area contributed by atoms with Crippen molar-refractivity contribution in [3.05, 3.63) is 99.2 Å². The third-order valence-corrected chi connectivity index (χ3v) is 22.4. The van der Waals surface area contributed by atoms with Crippen molar-refractivity contribution in [1.82, 2.24) is 17.8 Å². The molecule has 0 saturated carbocycles. The van der Waals surface area contributed by atoms with Gasteiger partial charge in [0.1, 0.15) is 0 Å². The first kappa shape index (κ1) is 20.4. The Balaban J connectivity index is 3.86. The van der Waals surface area contributed by atoms with Crippen LogP contribution in [0.3, 0.4) is 0 Å². The molecule has 1 fully saturated rings. The molecular formula is C16H28N4Si4. The van der Waals surface area contributed by atoms with Crippen molar-refractivity contribution in [1.29, 1.82) is 0 Å². The lowest BCUT2D eigenvalue weighted by molar-refractivity contribution is 0.700. The lowest BCUT2D eigenvalue weighted by atomic mass is 11.1. The molecule has 0 bridgehead atoms. The van der Waals surface area contributed by atoms with Gasteiger partial charge in [0.15, 0.2) is 9.84 Å². The van der Waals surface area contributed by atoms with Crippen molar-refractivity contribution in [3.63, 3.8) is 0 Å². The molecule has 8 heteroatoms. The summed E-state index contributed by atoms with van der Waals surface area (Å²) >= 11 is 0. The molecule has 1 aliphatic rings. The number of hydrogen-bond acceptors (Lipinski definition) is 4. The molecule has 4 nitrogen and oxygen atoms in total. The molecule has 0 aromatic carbocycles. The van der Waals surface area contributed by atoms with Crippen LogP contribution in [0.4, 0.5) is 0 Å². The van der Waals surface area contributed by atoms with Crippen LogP contribution < -0.4 is 9.30 Å². The van der Waals surface area contributed by atoms with Gasteiger partial charge in [0.2, 0.25) is 0 Å². The van der Waals surface area contributed by atoms with Crippen molar-refractivity contribution < 1.29 is 0 Å². The van der Waals surface area contributed by atoms with E-state index in [4.69, 9.17) is 0 Å². The highest BCUT2D eigenvalue weighted by Crippen LogP contribution is 2.30. The van der Waals surface area contributed by atoms with E-state index < -0.39 is 35.0 Å². The van der Waals surface area contributed by atoms with Crippen molar-refractivity contribution in [3.8, 4) is 0 Å². The van der Waals surface area contributed by atoms with E-state index >= 15 is 0 Å². The van der Waals surface area contributed by atoms with Gasteiger partial charge in [-0.05, 0) is 12.4 Å². The van der Waals surface area contributed by atoms with Gasteiger partial charge in [-0.1, -0.05) is 47.4 Å². The van der Waals surface area contributed by atoms with Gasteiger partial charge in [0.05, 0.1) is 0 Å². The first-order valence-corrected chi connectivity index (χ1v) is 15.3. The zero-order valence-corrected chi connectivity index (χ0v) is 18.8. The summed E-state index contributed by atoms with van der Waals surface area (Å²) in [5.41, 5.74) is 11.9. The molecule has 1 heterocycles. The highest BCUT2D eigenvalue weighted by molar-refractivity contribution is 7.09. The summed E-state index contributed by atoms with van der Waals surface area (Å²) in [5.74, 6) is 0. The summed E-state index contributed by atoms with van der Waals surface area (Å²) in [6.07, 6.45) is 3.72. The average Bonchev–Trinajstić information content (AvgIpc) is 2.63. The van der Waals surface area contributed by atoms with E-state index in [0.717, 1.165) is 0 Å². The van der Waals surface area contributed by atoms with Crippen molar-refractivity contribution in [2.75, 3.05) is 0 Å². The standard InChI is InChI=1S/C16H28N4Si4/c1-9-19-22(11-3,12-4)17-21-18-23(13-5,14-6)20(10-2)24(19,15-7)16-8/h9-18H,1-8,21H2. The summed E-state index contributed by atoms with van der Waals surface area (Å²) in [4.78, 5) is 0. The van der Waals surface area contributed by atoms with Gasteiger partial charge in [-0.2, -0.15) is 0 Å². The smallest absolute Gasteiger partial charge is 0.300 e. The lowest BCUT2D eigenvalue weighted by Crippen LogP contribution is -2.83. The van der Waals surface area contributed by atoms with E-state index in [1.807, 2.05) is 46.6 Å². The van der Waals surface area contributed by atoms with Crippen LogP contribution in [0.25, 0.3) is 0 Å². The Morgan fingerprint density at radius 3 is 1.12 bits per heavy atom. The fraction of sp³-hybridized carbons (Fsp3) is 0. The maximum absolute atomic E-state index is 4.14. The van der Waals surface area contributed by atoms with E-state index in [1.165, 1.54) is 0 Å². The topological polar surface area (TPSA) is 30.5 Å². The fourth-order valence-electron chi connectivity index (χ4n) is 3.13. The number of nitrogens with one attached hydrogen (secondary N) is 2. The Morgan fingerprint density at radius 1 is 0.583 bits per heavy atom. The largest absolute Gasteiger partial charge is 0.391 e. The first-order chi connectivity index (χ1) is 11.5. The molecule has 1 rings (SSSR count). The van der Waals surface area contributed by atoms with E-state index in [2.05, 4.69) is 70.4 Å². The third-order valence-electron chi connectivity index (χ3n) is 4.52. The van der Waals surface area contributed by atoms with Gasteiger partial charge in [0, 0.05) is 0 Å². The number of rotatable bonds is 8. The van der Waals surface area contributed by atoms with E-state index in [-0.39, 0.29) is 0 Å². The van der Waals surface area contributed by atoms with Crippen LogP contribution in [0.15, 0.2) is 99.2 Å². The van der Waals surface area contributed by atoms with Crippen LogP contribution in [0.5, 0.6) is 0 Å². The normalized spacial score (nSPS) is 21.3. The fourth-order valence-corrected chi connectivity index (χ4v) is 23.0. The summed E-state index contributed by atoms with van der Waals surface area (Å²) < 4.78 is 12.0. The molecule has 0 aromatic rings. The molecule has 0 amide bonds. The second kappa shape index (κ2) is 7.92. The van der Waals surface area contributed by atoms with Gasteiger partial charge in [-0.25, -0.2) is 0 Å². The molecule has 0 atom stereocenters. The average molecular weight is 389 g/mol. The molecule has 0 aromatic heterocycles. The summed E-state index contributed by atoms with van der Waals surface area (Å²) in [6, 6.07) is 0. The van der Waals surface area contributed by atoms with E-state index in [9.17, 15) is 0 Å². The molecule has 24 heavy (non-hydrogen) atoms. The van der Waals surface area contributed by atoms with E-state index in [1.54, 1.807) is 0 Å². The number of hydrogen-bond donors (Lipinski definition) is 2. The van der Waals surface area contributed by atoms with Gasteiger partial charge < -0.3 is 17.8 Å². The highest BCUT2D eigenvalue weighted by atomic mass is 28.5. The maximum atomic E-state index is 4.14. The minimum absolute atomic E-state index is 0.834. The van der Waals surface area contributed by atoms with Crippen LogP contribution in [-0.2, 0) is 0 Å².